The third-order valence-electron chi connectivity index (χ3n) is 5.10. The predicted molar refractivity (Wildman–Crippen MR) is 127 cm³/mol. The molecule has 0 fully saturated rings. The van der Waals surface area contributed by atoms with Gasteiger partial charge in [0.2, 0.25) is 11.7 Å². The van der Waals surface area contributed by atoms with Crippen LogP contribution in [0.25, 0.3) is 0 Å². The summed E-state index contributed by atoms with van der Waals surface area (Å²) >= 11 is 3.40. The molecule has 3 aromatic rings. The van der Waals surface area contributed by atoms with Crippen molar-refractivity contribution < 1.29 is 14.8 Å². The van der Waals surface area contributed by atoms with Gasteiger partial charge in [-0.3, -0.25) is 9.59 Å². The first-order valence-corrected chi connectivity index (χ1v) is 10.8. The monoisotopic (exact) mass is 489 g/mol. The number of allylic oxidation sites excluding steroid dienone is 2. The summed E-state index contributed by atoms with van der Waals surface area (Å²) in [6.07, 6.45) is 1.83. The molecule has 0 radical (unpaired) electrons. The van der Waals surface area contributed by atoms with Crippen LogP contribution in [-0.4, -0.2) is 28.7 Å². The number of nitrogens with zero attached hydrogens (tertiary/aromatic N) is 1. The largest absolute Gasteiger partial charge is 0.410 e. The molecule has 0 aromatic heterocycles. The van der Waals surface area contributed by atoms with Gasteiger partial charge in [0.25, 0.3) is 0 Å². The van der Waals surface area contributed by atoms with Crippen LogP contribution in [0.5, 0.6) is 0 Å². The van der Waals surface area contributed by atoms with Crippen LogP contribution in [0.1, 0.15) is 21.5 Å². The lowest BCUT2D eigenvalue weighted by Crippen LogP contribution is -2.44. The van der Waals surface area contributed by atoms with Gasteiger partial charge in [-0.2, -0.15) is 0 Å². The van der Waals surface area contributed by atoms with E-state index in [-0.39, 0.29) is 23.1 Å². The van der Waals surface area contributed by atoms with Gasteiger partial charge in [-0.15, -0.1) is 0 Å². The molecule has 0 saturated carbocycles. The van der Waals surface area contributed by atoms with E-state index in [9.17, 15) is 14.8 Å². The van der Waals surface area contributed by atoms with E-state index in [1.807, 2.05) is 42.5 Å². The Bertz CT molecular complexity index is 1220. The summed E-state index contributed by atoms with van der Waals surface area (Å²) in [4.78, 5) is 26.3. The van der Waals surface area contributed by atoms with Crippen LogP contribution in [0.15, 0.2) is 100 Å². The SMILES string of the molecule is O=C1C(NC(Cc2ccccc2)C(=O)Nc2cccc(Br)c2)=CC(=NO)c2ccccc21. The fourth-order valence-electron chi connectivity index (χ4n) is 3.56. The van der Waals surface area contributed by atoms with Gasteiger partial charge in [0.15, 0.2) is 0 Å². The fourth-order valence-corrected chi connectivity index (χ4v) is 3.96. The maximum absolute atomic E-state index is 13.2. The molecule has 3 aromatic carbocycles. The number of anilines is 1. The predicted octanol–water partition coefficient (Wildman–Crippen LogP) is 4.55. The number of rotatable bonds is 6. The molecule has 1 unspecified atom stereocenters. The van der Waals surface area contributed by atoms with Gasteiger partial charge >= 0.3 is 0 Å². The zero-order valence-electron chi connectivity index (χ0n) is 17.0. The number of carbonyl (C=O) groups excluding carboxylic acids is 2. The minimum absolute atomic E-state index is 0.196. The molecule has 7 heteroatoms. The van der Waals surface area contributed by atoms with Gasteiger partial charge in [0.1, 0.15) is 11.8 Å². The highest BCUT2D eigenvalue weighted by Gasteiger charge is 2.28. The second-order valence-corrected chi connectivity index (χ2v) is 8.22. The van der Waals surface area contributed by atoms with Crippen LogP contribution < -0.4 is 10.6 Å². The zero-order valence-corrected chi connectivity index (χ0v) is 18.5. The molecule has 160 valence electrons. The summed E-state index contributed by atoms with van der Waals surface area (Å²) in [5.41, 5.74) is 2.99. The van der Waals surface area contributed by atoms with Gasteiger partial charge in [0, 0.05) is 27.7 Å². The standard InChI is InChI=1S/C25H20BrN3O3/c26-17-9-6-10-18(14-17)27-25(31)23(13-16-7-2-1-3-8-16)28-22-15-21(29-32)19-11-4-5-12-20(19)24(22)30/h1-12,14-15,23,28,32H,13H2,(H,27,31). The molecule has 0 aliphatic heterocycles. The van der Waals surface area contributed by atoms with Crippen molar-refractivity contribution in [2.24, 2.45) is 5.16 Å². The molecule has 0 heterocycles. The van der Waals surface area contributed by atoms with Crippen LogP contribution in [-0.2, 0) is 11.2 Å². The van der Waals surface area contributed by atoms with Crippen LogP contribution in [0.3, 0.4) is 0 Å². The number of benzene rings is 3. The second-order valence-electron chi connectivity index (χ2n) is 7.30. The Morgan fingerprint density at radius 2 is 1.69 bits per heavy atom. The highest BCUT2D eigenvalue weighted by atomic mass is 79.9. The first-order valence-electron chi connectivity index (χ1n) is 10.00. The second kappa shape index (κ2) is 9.62. The number of amides is 1. The number of ketones is 1. The smallest absolute Gasteiger partial charge is 0.247 e. The maximum atomic E-state index is 13.2. The van der Waals surface area contributed by atoms with Crippen LogP contribution in [0.4, 0.5) is 5.69 Å². The molecule has 3 N–H and O–H groups in total. The van der Waals surface area contributed by atoms with Crippen molar-refractivity contribution in [3.8, 4) is 0 Å². The van der Waals surface area contributed by atoms with E-state index in [0.717, 1.165) is 10.0 Å². The van der Waals surface area contributed by atoms with E-state index in [1.165, 1.54) is 6.08 Å². The van der Waals surface area contributed by atoms with Crippen LogP contribution in [0.2, 0.25) is 0 Å². The van der Waals surface area contributed by atoms with E-state index in [1.54, 1.807) is 36.4 Å². The minimum Gasteiger partial charge on any atom is -0.410 e. The molecule has 32 heavy (non-hydrogen) atoms. The lowest BCUT2D eigenvalue weighted by Gasteiger charge is -2.24. The van der Waals surface area contributed by atoms with Gasteiger partial charge in [-0.25, -0.2) is 0 Å². The summed E-state index contributed by atoms with van der Waals surface area (Å²) < 4.78 is 0.841. The average Bonchev–Trinajstić information content (AvgIpc) is 2.81. The molecular weight excluding hydrogens is 470 g/mol. The molecule has 1 aliphatic rings. The molecule has 6 nitrogen and oxygen atoms in total. The molecule has 4 rings (SSSR count). The number of oxime groups is 1. The van der Waals surface area contributed by atoms with E-state index in [0.29, 0.717) is 23.2 Å². The number of Topliss-reactive ketones (excluding diaryl/α,β-unsaturated/α-hetero) is 1. The summed E-state index contributed by atoms with van der Waals surface area (Å²) in [6, 6.07) is 23.0. The maximum Gasteiger partial charge on any atom is 0.247 e. The molecule has 1 aliphatic carbocycles. The topological polar surface area (TPSA) is 90.8 Å². The third kappa shape index (κ3) is 4.78. The van der Waals surface area contributed by atoms with Crippen LogP contribution in [0, 0.1) is 0 Å². The van der Waals surface area contributed by atoms with Crippen molar-refractivity contribution in [1.82, 2.24) is 5.32 Å². The number of nitrogens with one attached hydrogen (secondary N) is 2. The molecule has 1 amide bonds. The number of hydrogen-bond donors (Lipinski definition) is 3. The van der Waals surface area contributed by atoms with Crippen molar-refractivity contribution in [3.63, 3.8) is 0 Å². The van der Waals surface area contributed by atoms with Gasteiger partial charge < -0.3 is 15.8 Å². The number of hydrogen-bond acceptors (Lipinski definition) is 5. The Hall–Kier alpha value is -3.71. The van der Waals surface area contributed by atoms with E-state index in [2.05, 4.69) is 31.7 Å². The normalized spacial score (nSPS) is 15.0. The summed E-state index contributed by atoms with van der Waals surface area (Å²) in [6.45, 7) is 0. The Labute approximate surface area is 193 Å². The molecule has 0 spiro atoms. The van der Waals surface area contributed by atoms with Gasteiger partial charge in [-0.1, -0.05) is 81.7 Å². The lowest BCUT2D eigenvalue weighted by atomic mass is 9.91. The van der Waals surface area contributed by atoms with Gasteiger partial charge in [0.05, 0.1) is 5.70 Å². The molecule has 0 saturated heterocycles. The highest BCUT2D eigenvalue weighted by molar-refractivity contribution is 9.10. The summed E-state index contributed by atoms with van der Waals surface area (Å²) in [5.74, 6) is -0.552. The highest BCUT2D eigenvalue weighted by Crippen LogP contribution is 2.22. The number of carbonyl (C=O) groups is 2. The van der Waals surface area contributed by atoms with Crippen molar-refractivity contribution in [2.45, 2.75) is 12.5 Å². The third-order valence-corrected chi connectivity index (χ3v) is 5.60. The Morgan fingerprint density at radius 1 is 0.969 bits per heavy atom. The summed E-state index contributed by atoms with van der Waals surface area (Å²) in [5, 5.41) is 18.8. The Morgan fingerprint density at radius 3 is 2.41 bits per heavy atom. The number of fused-ring (bicyclic) bond motifs is 1. The Balaban J connectivity index is 1.63. The van der Waals surface area contributed by atoms with Crippen molar-refractivity contribution in [2.75, 3.05) is 5.32 Å². The van der Waals surface area contributed by atoms with Crippen molar-refractivity contribution in [1.29, 1.82) is 0 Å². The minimum atomic E-state index is -0.739. The fraction of sp³-hybridized carbons (Fsp3) is 0.0800. The van der Waals surface area contributed by atoms with E-state index >= 15 is 0 Å². The van der Waals surface area contributed by atoms with Crippen LogP contribution >= 0.6 is 15.9 Å². The van der Waals surface area contributed by atoms with E-state index < -0.39 is 6.04 Å². The number of halogens is 1. The quantitative estimate of drug-likeness (QED) is 0.350. The first-order chi connectivity index (χ1) is 15.5. The summed E-state index contributed by atoms with van der Waals surface area (Å²) in [7, 11) is 0. The average molecular weight is 490 g/mol. The van der Waals surface area contributed by atoms with E-state index in [4.69, 9.17) is 0 Å². The Kier molecular flexibility index (Phi) is 6.47. The van der Waals surface area contributed by atoms with Gasteiger partial charge in [-0.05, 0) is 29.8 Å². The lowest BCUT2D eigenvalue weighted by molar-refractivity contribution is -0.117. The molecule has 1 atom stereocenters. The molecular formula is C25H20BrN3O3. The van der Waals surface area contributed by atoms with Crippen molar-refractivity contribution >= 4 is 39.0 Å². The first kappa shape index (κ1) is 21.5. The zero-order chi connectivity index (χ0) is 22.5. The molecule has 0 bridgehead atoms. The van der Waals surface area contributed by atoms with Crippen molar-refractivity contribution in [3.05, 3.63) is 112 Å².